The van der Waals surface area contributed by atoms with Crippen molar-refractivity contribution in [1.82, 2.24) is 5.32 Å². The molecule has 0 aromatic carbocycles. The van der Waals surface area contributed by atoms with Crippen LogP contribution in [0.4, 0.5) is 0 Å². The smallest absolute Gasteiger partial charge is 0.303 e. The molecule has 0 unspecified atom stereocenters. The maximum Gasteiger partial charge on any atom is 0.303 e. The molecule has 0 aromatic rings. The maximum absolute atomic E-state index is 10.1. The number of hydrogen-bond donors (Lipinski definition) is 2. The summed E-state index contributed by atoms with van der Waals surface area (Å²) in [5.74, 6) is -0.966. The molecule has 0 radical (unpaired) electrons. The van der Waals surface area contributed by atoms with E-state index in [0.29, 0.717) is 19.3 Å². The average Bonchev–Trinajstić information content (AvgIpc) is 2.63. The molecule has 98 valence electrons. The van der Waals surface area contributed by atoms with E-state index in [1.807, 2.05) is 0 Å². The van der Waals surface area contributed by atoms with Crippen LogP contribution in [-0.4, -0.2) is 22.9 Å². The van der Waals surface area contributed by atoms with E-state index < -0.39 is 5.97 Å². The highest BCUT2D eigenvalue weighted by atomic mass is 16.4. The van der Waals surface area contributed by atoms with Crippen LogP contribution < -0.4 is 5.32 Å². The van der Waals surface area contributed by atoms with E-state index in [-0.39, 0.29) is 11.8 Å². The summed E-state index contributed by atoms with van der Waals surface area (Å²) in [7, 11) is 0. The molecule has 5 nitrogen and oxygen atoms in total. The second kappa shape index (κ2) is 9.81. The highest BCUT2D eigenvalue weighted by Crippen LogP contribution is 2.04. The molecule has 0 bridgehead atoms. The van der Waals surface area contributed by atoms with Crippen LogP contribution in [0, 0.1) is 0 Å². The Morgan fingerprint density at radius 2 is 1.65 bits per heavy atom. The second-order valence-corrected chi connectivity index (χ2v) is 4.03. The fraction of sp³-hybridized carbons (Fsp3) is 0.750. The van der Waals surface area contributed by atoms with Gasteiger partial charge >= 0.3 is 5.97 Å². The van der Waals surface area contributed by atoms with Crippen molar-refractivity contribution >= 4 is 17.8 Å². The van der Waals surface area contributed by atoms with Crippen molar-refractivity contribution in [3.05, 3.63) is 0 Å². The minimum Gasteiger partial charge on any atom is -0.481 e. The van der Waals surface area contributed by atoms with Gasteiger partial charge in [-0.2, -0.15) is 0 Å². The van der Waals surface area contributed by atoms with Crippen molar-refractivity contribution in [2.75, 3.05) is 0 Å². The Morgan fingerprint density at radius 3 is 2.00 bits per heavy atom. The van der Waals surface area contributed by atoms with Crippen molar-refractivity contribution in [1.29, 1.82) is 0 Å². The summed E-state index contributed by atoms with van der Waals surface area (Å²) >= 11 is 0. The molecule has 0 atom stereocenters. The van der Waals surface area contributed by atoms with Gasteiger partial charge in [0.1, 0.15) is 0 Å². The van der Waals surface area contributed by atoms with Gasteiger partial charge in [-0.15, -0.1) is 0 Å². The quantitative estimate of drug-likeness (QED) is 0.551. The van der Waals surface area contributed by atoms with E-state index in [1.54, 1.807) is 0 Å². The van der Waals surface area contributed by atoms with Gasteiger partial charge in [-0.05, 0) is 6.42 Å². The Labute approximate surface area is 102 Å². The number of amides is 2. The SMILES string of the molecule is CCCCCCCC(=O)O.O=C1CCC(=O)N1. The zero-order valence-corrected chi connectivity index (χ0v) is 10.3. The molecule has 1 saturated heterocycles. The molecule has 0 aromatic heterocycles. The van der Waals surface area contributed by atoms with Gasteiger partial charge in [0.05, 0.1) is 0 Å². The Kier molecular flexibility index (Phi) is 9.01. The zero-order valence-electron chi connectivity index (χ0n) is 10.3. The fourth-order valence-corrected chi connectivity index (χ4v) is 1.39. The number of carbonyl (C=O) groups is 3. The summed E-state index contributed by atoms with van der Waals surface area (Å²) < 4.78 is 0. The molecule has 1 aliphatic rings. The number of hydrogen-bond acceptors (Lipinski definition) is 3. The summed E-state index contributed by atoms with van der Waals surface area (Å²) in [5, 5.41) is 10.4. The summed E-state index contributed by atoms with van der Waals surface area (Å²) in [6.07, 6.45) is 6.63. The maximum atomic E-state index is 10.1. The number of unbranched alkanes of at least 4 members (excludes halogenated alkanes) is 4. The summed E-state index contributed by atoms with van der Waals surface area (Å²) in [6, 6.07) is 0. The molecule has 1 heterocycles. The van der Waals surface area contributed by atoms with Gasteiger partial charge in [-0.25, -0.2) is 0 Å². The monoisotopic (exact) mass is 243 g/mol. The average molecular weight is 243 g/mol. The Balaban J connectivity index is 0.000000318. The van der Waals surface area contributed by atoms with Gasteiger partial charge in [0.15, 0.2) is 0 Å². The number of rotatable bonds is 6. The number of nitrogens with one attached hydrogen (secondary N) is 1. The lowest BCUT2D eigenvalue weighted by atomic mass is 10.1. The molecule has 0 saturated carbocycles. The lowest BCUT2D eigenvalue weighted by Crippen LogP contribution is -2.18. The van der Waals surface area contributed by atoms with Gasteiger partial charge in [0.2, 0.25) is 11.8 Å². The van der Waals surface area contributed by atoms with Gasteiger partial charge in [0, 0.05) is 19.3 Å². The molecule has 5 heteroatoms. The van der Waals surface area contributed by atoms with Crippen LogP contribution in [0.25, 0.3) is 0 Å². The van der Waals surface area contributed by atoms with Crippen LogP contribution in [-0.2, 0) is 14.4 Å². The third kappa shape index (κ3) is 10.9. The molecule has 0 spiro atoms. The van der Waals surface area contributed by atoms with Gasteiger partial charge in [0.25, 0.3) is 0 Å². The number of aliphatic carboxylic acids is 1. The van der Waals surface area contributed by atoms with Gasteiger partial charge in [-0.3, -0.25) is 19.7 Å². The topological polar surface area (TPSA) is 83.5 Å². The predicted molar refractivity (Wildman–Crippen MR) is 63.4 cm³/mol. The molecule has 2 amide bonds. The normalized spacial score (nSPS) is 13.9. The molecule has 1 aliphatic heterocycles. The van der Waals surface area contributed by atoms with Crippen LogP contribution in [0.15, 0.2) is 0 Å². The predicted octanol–water partition coefficient (Wildman–Crippen LogP) is 1.85. The Hall–Kier alpha value is -1.39. The lowest BCUT2D eigenvalue weighted by Gasteiger charge is -1.95. The van der Waals surface area contributed by atoms with Gasteiger partial charge in [-0.1, -0.05) is 32.6 Å². The lowest BCUT2D eigenvalue weighted by molar-refractivity contribution is -0.137. The largest absolute Gasteiger partial charge is 0.481 e. The minimum absolute atomic E-state index is 0.148. The van der Waals surface area contributed by atoms with Crippen LogP contribution >= 0.6 is 0 Å². The molecule has 17 heavy (non-hydrogen) atoms. The standard InChI is InChI=1S/C8H16O2.C4H5NO2/c1-2-3-4-5-6-7-8(9)10;6-3-1-2-4(7)5-3/h2-7H2,1H3,(H,9,10);1-2H2,(H,5,6,7). The van der Waals surface area contributed by atoms with Crippen molar-refractivity contribution in [2.45, 2.75) is 58.3 Å². The fourth-order valence-electron chi connectivity index (χ4n) is 1.39. The molecule has 1 rings (SSSR count). The van der Waals surface area contributed by atoms with Crippen molar-refractivity contribution < 1.29 is 19.5 Å². The third-order valence-electron chi connectivity index (χ3n) is 2.35. The van der Waals surface area contributed by atoms with Crippen LogP contribution in [0.1, 0.15) is 58.3 Å². The molecule has 2 N–H and O–H groups in total. The van der Waals surface area contributed by atoms with Crippen molar-refractivity contribution in [3.8, 4) is 0 Å². The first-order valence-electron chi connectivity index (χ1n) is 6.10. The van der Waals surface area contributed by atoms with E-state index in [0.717, 1.165) is 12.8 Å². The summed E-state index contributed by atoms with van der Waals surface area (Å²) in [5.41, 5.74) is 0. The first kappa shape index (κ1) is 15.6. The molecular formula is C12H21NO4. The Bertz CT molecular complexity index is 249. The van der Waals surface area contributed by atoms with E-state index in [2.05, 4.69) is 12.2 Å². The molecule has 0 aliphatic carbocycles. The highest BCUT2D eigenvalue weighted by molar-refractivity contribution is 6.01. The number of carboxylic acid groups (broad SMARTS) is 1. The van der Waals surface area contributed by atoms with E-state index >= 15 is 0 Å². The van der Waals surface area contributed by atoms with Crippen molar-refractivity contribution in [3.63, 3.8) is 0 Å². The second-order valence-electron chi connectivity index (χ2n) is 4.03. The van der Waals surface area contributed by atoms with Crippen molar-refractivity contribution in [2.24, 2.45) is 0 Å². The van der Waals surface area contributed by atoms with Crippen LogP contribution in [0.2, 0.25) is 0 Å². The minimum atomic E-state index is -0.670. The molecular weight excluding hydrogens is 222 g/mol. The first-order valence-corrected chi connectivity index (χ1v) is 6.10. The number of imide groups is 1. The summed E-state index contributed by atoms with van der Waals surface area (Å²) in [4.78, 5) is 30.3. The zero-order chi connectivity index (χ0) is 13.1. The third-order valence-corrected chi connectivity index (χ3v) is 2.35. The first-order chi connectivity index (χ1) is 8.06. The summed E-state index contributed by atoms with van der Waals surface area (Å²) in [6.45, 7) is 2.15. The number of carbonyl (C=O) groups excluding carboxylic acids is 2. The molecule has 1 fully saturated rings. The van der Waals surface area contributed by atoms with E-state index in [1.165, 1.54) is 19.3 Å². The van der Waals surface area contributed by atoms with Gasteiger partial charge < -0.3 is 5.11 Å². The van der Waals surface area contributed by atoms with E-state index in [9.17, 15) is 14.4 Å². The van der Waals surface area contributed by atoms with Crippen LogP contribution in [0.5, 0.6) is 0 Å². The van der Waals surface area contributed by atoms with E-state index in [4.69, 9.17) is 5.11 Å². The number of carboxylic acids is 1. The highest BCUT2D eigenvalue weighted by Gasteiger charge is 2.15. The Morgan fingerprint density at radius 1 is 1.12 bits per heavy atom. The van der Waals surface area contributed by atoms with Crippen LogP contribution in [0.3, 0.4) is 0 Å².